The summed E-state index contributed by atoms with van der Waals surface area (Å²) in [6.07, 6.45) is 2.26. The van der Waals surface area contributed by atoms with Gasteiger partial charge in [0.2, 0.25) is 10.0 Å². The molecule has 0 aliphatic carbocycles. The first-order valence-corrected chi connectivity index (χ1v) is 8.59. The average Bonchev–Trinajstić information content (AvgIpc) is 2.52. The molecule has 0 amide bonds. The van der Waals surface area contributed by atoms with Crippen molar-refractivity contribution >= 4 is 16.1 Å². The van der Waals surface area contributed by atoms with E-state index in [-0.39, 0.29) is 5.82 Å². The highest BCUT2D eigenvalue weighted by molar-refractivity contribution is 7.92. The quantitative estimate of drug-likeness (QED) is 0.880. The highest BCUT2D eigenvalue weighted by Crippen LogP contribution is 2.23. The van der Waals surface area contributed by atoms with Gasteiger partial charge < -0.3 is 0 Å². The van der Waals surface area contributed by atoms with Gasteiger partial charge in [-0.3, -0.25) is 0 Å². The zero-order chi connectivity index (χ0) is 16.0. The molecule has 116 valence electrons. The lowest BCUT2D eigenvalue weighted by atomic mass is 10.0. The van der Waals surface area contributed by atoms with Crippen molar-refractivity contribution in [3.05, 3.63) is 65.3 Å². The van der Waals surface area contributed by atoms with Crippen LogP contribution in [0.25, 0.3) is 17.2 Å². The number of halogens is 1. The summed E-state index contributed by atoms with van der Waals surface area (Å²) in [5.41, 5.74) is 2.01. The third kappa shape index (κ3) is 4.51. The van der Waals surface area contributed by atoms with Crippen LogP contribution in [-0.4, -0.2) is 15.0 Å². The molecule has 2 aromatic carbocycles. The monoisotopic (exact) mass is 319 g/mol. The van der Waals surface area contributed by atoms with Gasteiger partial charge >= 0.3 is 0 Å². The molecule has 0 saturated carbocycles. The van der Waals surface area contributed by atoms with Crippen LogP contribution in [0.2, 0.25) is 0 Å². The zero-order valence-electron chi connectivity index (χ0n) is 12.3. The van der Waals surface area contributed by atoms with Gasteiger partial charge in [0, 0.05) is 17.5 Å². The Hall–Kier alpha value is -1.98. The fraction of sp³-hybridized carbons (Fsp3) is 0.176. The lowest BCUT2D eigenvalue weighted by Crippen LogP contribution is -2.21. The number of hydrogen-bond donors (Lipinski definition) is 1. The van der Waals surface area contributed by atoms with Crippen LogP contribution in [0.3, 0.4) is 0 Å². The largest absolute Gasteiger partial charge is 0.233 e. The van der Waals surface area contributed by atoms with Gasteiger partial charge in [0.1, 0.15) is 5.82 Å². The lowest BCUT2D eigenvalue weighted by Gasteiger charge is -2.04. The van der Waals surface area contributed by atoms with Crippen LogP contribution in [0.4, 0.5) is 4.39 Å². The number of rotatable bonds is 6. The van der Waals surface area contributed by atoms with E-state index >= 15 is 0 Å². The summed E-state index contributed by atoms with van der Waals surface area (Å²) in [5.74, 6) is -0.280. The van der Waals surface area contributed by atoms with Gasteiger partial charge in [0.05, 0.1) is 0 Å². The second-order valence-electron chi connectivity index (χ2n) is 4.84. The molecule has 0 spiro atoms. The molecule has 0 aliphatic heterocycles. The van der Waals surface area contributed by atoms with Crippen molar-refractivity contribution in [2.45, 2.75) is 13.3 Å². The predicted molar refractivity (Wildman–Crippen MR) is 88.1 cm³/mol. The van der Waals surface area contributed by atoms with Crippen LogP contribution in [0.1, 0.15) is 18.9 Å². The lowest BCUT2D eigenvalue weighted by molar-refractivity contribution is 0.590. The van der Waals surface area contributed by atoms with Gasteiger partial charge in [-0.1, -0.05) is 49.4 Å². The fourth-order valence-electron chi connectivity index (χ4n) is 1.93. The molecule has 1 N–H and O–H groups in total. The SMILES string of the molecule is CCCNS(=O)(=O)C=Cc1ccc(-c2ccccc2F)cc1. The Balaban J connectivity index is 2.15. The van der Waals surface area contributed by atoms with Gasteiger partial charge in [0.25, 0.3) is 0 Å². The van der Waals surface area contributed by atoms with E-state index in [1.807, 2.05) is 6.92 Å². The summed E-state index contributed by atoms with van der Waals surface area (Å²) >= 11 is 0. The summed E-state index contributed by atoms with van der Waals surface area (Å²) in [4.78, 5) is 0. The van der Waals surface area contributed by atoms with E-state index in [0.717, 1.165) is 23.0 Å². The van der Waals surface area contributed by atoms with Crippen molar-refractivity contribution in [1.82, 2.24) is 4.72 Å². The van der Waals surface area contributed by atoms with E-state index in [0.29, 0.717) is 12.1 Å². The van der Waals surface area contributed by atoms with E-state index in [1.54, 1.807) is 42.5 Å². The Morgan fingerprint density at radius 1 is 1.09 bits per heavy atom. The highest BCUT2D eigenvalue weighted by Gasteiger charge is 2.04. The maximum absolute atomic E-state index is 13.7. The Morgan fingerprint density at radius 3 is 2.41 bits per heavy atom. The van der Waals surface area contributed by atoms with Gasteiger partial charge in [-0.15, -0.1) is 0 Å². The van der Waals surface area contributed by atoms with Crippen LogP contribution >= 0.6 is 0 Å². The minimum absolute atomic E-state index is 0.280. The summed E-state index contributed by atoms with van der Waals surface area (Å²) in [6.45, 7) is 2.31. The Labute approximate surface area is 130 Å². The molecule has 0 bridgehead atoms. The number of benzene rings is 2. The third-order valence-electron chi connectivity index (χ3n) is 3.09. The molecular weight excluding hydrogens is 301 g/mol. The first kappa shape index (κ1) is 16.4. The minimum Gasteiger partial charge on any atom is -0.212 e. The molecule has 5 heteroatoms. The maximum Gasteiger partial charge on any atom is 0.233 e. The maximum atomic E-state index is 13.7. The van der Waals surface area contributed by atoms with E-state index < -0.39 is 10.0 Å². The molecule has 22 heavy (non-hydrogen) atoms. The third-order valence-corrected chi connectivity index (χ3v) is 4.19. The van der Waals surface area contributed by atoms with Gasteiger partial charge in [0.15, 0.2) is 0 Å². The summed E-state index contributed by atoms with van der Waals surface area (Å²) in [5, 5.41) is 1.14. The van der Waals surface area contributed by atoms with E-state index in [9.17, 15) is 12.8 Å². The van der Waals surface area contributed by atoms with Gasteiger partial charge in [-0.05, 0) is 29.7 Å². The van der Waals surface area contributed by atoms with E-state index in [2.05, 4.69) is 4.72 Å². The molecule has 2 rings (SSSR count). The smallest absolute Gasteiger partial charge is 0.212 e. The first-order chi connectivity index (χ1) is 10.5. The van der Waals surface area contributed by atoms with Crippen LogP contribution in [0.15, 0.2) is 53.9 Å². The van der Waals surface area contributed by atoms with Crippen LogP contribution < -0.4 is 4.72 Å². The molecule has 0 fully saturated rings. The molecular formula is C17H18FNO2S. The molecule has 2 aromatic rings. The standard InChI is InChI=1S/C17H18FNO2S/c1-2-12-19-22(20,21)13-11-14-7-9-15(10-8-14)16-5-3-4-6-17(16)18/h3-11,13,19H,2,12H2,1H3. The summed E-state index contributed by atoms with van der Waals surface area (Å²) in [7, 11) is -3.40. The van der Waals surface area contributed by atoms with Gasteiger partial charge in [-0.2, -0.15) is 0 Å². The highest BCUT2D eigenvalue weighted by atomic mass is 32.2. The second-order valence-corrected chi connectivity index (χ2v) is 6.49. The Kier molecular flexibility index (Phi) is 5.46. The Bertz CT molecular complexity index is 752. The van der Waals surface area contributed by atoms with Crippen molar-refractivity contribution in [2.75, 3.05) is 6.54 Å². The molecule has 0 aliphatic rings. The summed E-state index contributed by atoms with van der Waals surface area (Å²) < 4.78 is 39.5. The first-order valence-electron chi connectivity index (χ1n) is 7.04. The predicted octanol–water partition coefficient (Wildman–Crippen LogP) is 3.79. The zero-order valence-corrected chi connectivity index (χ0v) is 13.1. The average molecular weight is 319 g/mol. The van der Waals surface area contributed by atoms with Crippen molar-refractivity contribution in [3.63, 3.8) is 0 Å². The Morgan fingerprint density at radius 2 is 1.77 bits per heavy atom. The molecule has 0 unspecified atom stereocenters. The van der Waals surface area contributed by atoms with Crippen molar-refractivity contribution in [1.29, 1.82) is 0 Å². The van der Waals surface area contributed by atoms with Crippen molar-refractivity contribution < 1.29 is 12.8 Å². The topological polar surface area (TPSA) is 46.2 Å². The molecule has 0 aromatic heterocycles. The van der Waals surface area contributed by atoms with Crippen molar-refractivity contribution in [2.24, 2.45) is 0 Å². The molecule has 0 radical (unpaired) electrons. The fourth-order valence-corrected chi connectivity index (χ4v) is 2.85. The van der Waals surface area contributed by atoms with E-state index in [1.165, 1.54) is 12.1 Å². The molecule has 0 saturated heterocycles. The molecule has 3 nitrogen and oxygen atoms in total. The van der Waals surface area contributed by atoms with E-state index in [4.69, 9.17) is 0 Å². The minimum atomic E-state index is -3.40. The van der Waals surface area contributed by atoms with Crippen LogP contribution in [0.5, 0.6) is 0 Å². The number of hydrogen-bond acceptors (Lipinski definition) is 2. The van der Waals surface area contributed by atoms with Crippen LogP contribution in [-0.2, 0) is 10.0 Å². The van der Waals surface area contributed by atoms with Crippen LogP contribution in [0, 0.1) is 5.82 Å². The normalized spacial score (nSPS) is 11.9. The molecule has 0 heterocycles. The number of nitrogens with one attached hydrogen (secondary N) is 1. The second kappa shape index (κ2) is 7.33. The number of sulfonamides is 1. The summed E-state index contributed by atoms with van der Waals surface area (Å²) in [6, 6.07) is 13.6. The van der Waals surface area contributed by atoms with Gasteiger partial charge in [-0.25, -0.2) is 17.5 Å². The van der Waals surface area contributed by atoms with Crippen molar-refractivity contribution in [3.8, 4) is 11.1 Å². The molecule has 0 atom stereocenters.